The smallest absolute Gasteiger partial charge is 0.472 e. The number of nitrogens with zero attached hydrogens (tertiary/aromatic N) is 1. The van der Waals surface area contributed by atoms with E-state index < -0.39 is 7.82 Å². The number of hydrogen-bond acceptors (Lipinski definition) is 6. The average molecular weight is 540 g/mol. The third-order valence-electron chi connectivity index (χ3n) is 6.61. The van der Waals surface area contributed by atoms with Crippen LogP contribution in [-0.4, -0.2) is 81.2 Å². The van der Waals surface area contributed by atoms with E-state index in [0.717, 1.165) is 6.42 Å². The van der Waals surface area contributed by atoms with E-state index in [2.05, 4.69) is 6.92 Å². The van der Waals surface area contributed by atoms with Crippen LogP contribution in [0.3, 0.4) is 0 Å². The molecule has 1 saturated heterocycles. The third kappa shape index (κ3) is 22.0. The molecule has 0 aromatic heterocycles. The van der Waals surface area contributed by atoms with Gasteiger partial charge in [-0.15, -0.1) is 0 Å². The van der Waals surface area contributed by atoms with Crippen LogP contribution in [-0.2, 0) is 23.1 Å². The number of hydrogen-bond donors (Lipinski definition) is 1. The highest BCUT2D eigenvalue weighted by atomic mass is 31.2. The monoisotopic (exact) mass is 539 g/mol. The van der Waals surface area contributed by atoms with Crippen LogP contribution < -0.4 is 0 Å². The van der Waals surface area contributed by atoms with E-state index >= 15 is 0 Å². The number of quaternary nitrogens is 1. The number of likely N-dealkylation sites (N-methyl/N-ethyl adjacent to an activating group) is 1. The van der Waals surface area contributed by atoms with E-state index in [1.807, 2.05) is 21.1 Å². The van der Waals surface area contributed by atoms with Crippen LogP contribution in [0.4, 0.5) is 0 Å². The van der Waals surface area contributed by atoms with Crippen molar-refractivity contribution >= 4 is 7.82 Å². The maximum atomic E-state index is 12.0. The molecule has 0 radical (unpaired) electrons. The Morgan fingerprint density at radius 2 is 1.19 bits per heavy atom. The van der Waals surface area contributed by atoms with Crippen LogP contribution in [0.1, 0.15) is 110 Å². The molecule has 1 aliphatic heterocycles. The second-order valence-corrected chi connectivity index (χ2v) is 12.7. The zero-order valence-electron chi connectivity index (χ0n) is 23.8. The fraction of sp³-hybridized carbons (Fsp3) is 1.00. The Hall–Kier alpha value is -0.0500. The van der Waals surface area contributed by atoms with E-state index in [-0.39, 0.29) is 30.9 Å². The maximum absolute atomic E-state index is 12.0. The molecule has 0 amide bonds. The van der Waals surface area contributed by atoms with E-state index in [1.54, 1.807) is 0 Å². The van der Waals surface area contributed by atoms with Crippen LogP contribution in [0.15, 0.2) is 0 Å². The molecule has 1 aliphatic rings. The van der Waals surface area contributed by atoms with Gasteiger partial charge in [0.25, 0.3) is 0 Å². The van der Waals surface area contributed by atoms with Gasteiger partial charge in [-0.2, -0.15) is 0 Å². The molecule has 0 aliphatic carbocycles. The molecule has 0 bridgehead atoms. The van der Waals surface area contributed by atoms with Gasteiger partial charge in [0.1, 0.15) is 19.3 Å². The molecule has 0 spiro atoms. The number of unbranched alkanes of at least 4 members (excludes halogenated alkanes) is 14. The van der Waals surface area contributed by atoms with Gasteiger partial charge in [-0.3, -0.25) is 9.05 Å². The van der Waals surface area contributed by atoms with Crippen molar-refractivity contribution in [2.75, 3.05) is 54.1 Å². The number of ether oxygens (including phenoxy) is 2. The highest BCUT2D eigenvalue weighted by Crippen LogP contribution is 2.43. The summed E-state index contributed by atoms with van der Waals surface area (Å²) in [5.41, 5.74) is 0. The number of rotatable bonds is 23. The van der Waals surface area contributed by atoms with Crippen LogP contribution in [0.2, 0.25) is 0 Å². The summed E-state index contributed by atoms with van der Waals surface area (Å²) in [5, 5.41) is 0. The minimum atomic E-state index is -4.05. The fourth-order valence-electron chi connectivity index (χ4n) is 4.23. The van der Waals surface area contributed by atoms with Gasteiger partial charge in [0.2, 0.25) is 0 Å². The van der Waals surface area contributed by atoms with E-state index in [1.165, 1.54) is 96.3 Å². The van der Waals surface area contributed by atoms with Gasteiger partial charge in [-0.1, -0.05) is 103 Å². The molecule has 36 heavy (non-hydrogen) atoms. The molecule has 0 aromatic rings. The summed E-state index contributed by atoms with van der Waals surface area (Å²) in [4.78, 5) is 9.80. The molecular formula is C27H58NO7P. The van der Waals surface area contributed by atoms with Crippen molar-refractivity contribution < 1.29 is 37.9 Å². The highest BCUT2D eigenvalue weighted by molar-refractivity contribution is 7.47. The highest BCUT2D eigenvalue weighted by Gasteiger charge is 2.28. The topological polar surface area (TPSA) is 104 Å². The average Bonchev–Trinajstić information content (AvgIpc) is 2.80. The number of phosphoric ester groups is 1. The molecule has 2 N–H and O–H groups in total. The van der Waals surface area contributed by atoms with Gasteiger partial charge in [0, 0.05) is 0 Å². The minimum Gasteiger partial charge on any atom is -0.870 e. The molecule has 1 heterocycles. The lowest BCUT2D eigenvalue weighted by Gasteiger charge is -2.30. The van der Waals surface area contributed by atoms with Crippen LogP contribution in [0, 0.1) is 0 Å². The minimum absolute atomic E-state index is 0. The first-order valence-corrected chi connectivity index (χ1v) is 15.9. The quantitative estimate of drug-likeness (QED) is 0.0875. The Labute approximate surface area is 221 Å². The largest absolute Gasteiger partial charge is 0.870 e. The normalized spacial score (nSPS) is 20.1. The van der Waals surface area contributed by atoms with Crippen molar-refractivity contribution in [1.82, 2.24) is 0 Å². The fourth-order valence-corrected chi connectivity index (χ4v) is 4.98. The van der Waals surface area contributed by atoms with Gasteiger partial charge >= 0.3 is 7.82 Å². The maximum Gasteiger partial charge on any atom is 0.472 e. The van der Waals surface area contributed by atoms with Gasteiger partial charge in [-0.25, -0.2) is 4.57 Å². The lowest BCUT2D eigenvalue weighted by Crippen LogP contribution is -2.38. The van der Waals surface area contributed by atoms with Gasteiger partial charge in [0.15, 0.2) is 0 Å². The molecular weight excluding hydrogens is 481 g/mol. The van der Waals surface area contributed by atoms with E-state index in [4.69, 9.17) is 18.5 Å². The van der Waals surface area contributed by atoms with Crippen LogP contribution >= 0.6 is 7.82 Å². The predicted octanol–water partition coefficient (Wildman–Crippen LogP) is 6.69. The lowest BCUT2D eigenvalue weighted by molar-refractivity contribution is -0.870. The zero-order valence-corrected chi connectivity index (χ0v) is 24.7. The van der Waals surface area contributed by atoms with E-state index in [0.29, 0.717) is 24.2 Å². The molecule has 3 atom stereocenters. The molecule has 1 unspecified atom stereocenters. The Balaban J connectivity index is 0.0000122. The predicted molar refractivity (Wildman–Crippen MR) is 146 cm³/mol. The van der Waals surface area contributed by atoms with Gasteiger partial charge in [-0.05, 0) is 6.42 Å². The second kappa shape index (κ2) is 21.8. The Morgan fingerprint density at radius 1 is 0.750 bits per heavy atom. The number of phosphoric acid groups is 1. The SMILES string of the molecule is CCCCCCCCCCCCCCCCC[C@H]1CO[C@H](COP(=O)(O)OCC[N+](C)(C)C)CO1.[OH-]. The van der Waals surface area contributed by atoms with Crippen molar-refractivity contribution in [1.29, 1.82) is 0 Å². The second-order valence-electron chi connectivity index (χ2n) is 11.3. The molecule has 0 aromatic carbocycles. The summed E-state index contributed by atoms with van der Waals surface area (Å²) in [6.07, 6.45) is 21.3. The van der Waals surface area contributed by atoms with Crippen molar-refractivity contribution in [2.45, 2.75) is 122 Å². The third-order valence-corrected chi connectivity index (χ3v) is 7.59. The van der Waals surface area contributed by atoms with Gasteiger partial charge in [0.05, 0.1) is 47.1 Å². The van der Waals surface area contributed by atoms with Crippen molar-refractivity contribution in [3.05, 3.63) is 0 Å². The molecule has 1 fully saturated rings. The first-order valence-electron chi connectivity index (χ1n) is 14.4. The summed E-state index contributed by atoms with van der Waals surface area (Å²) in [5.74, 6) is 0. The summed E-state index contributed by atoms with van der Waals surface area (Å²) in [6, 6.07) is 0. The first kappa shape index (κ1) is 35.9. The standard InChI is InChI=1S/C27H56NO6P.H2O/c1-5-6-7-8-9-10-11-12-13-14-15-16-17-18-19-20-26-23-32-27(24-31-26)25-34-35(29,30)33-22-21-28(2,3)4;/h26-27H,5-25H2,1-4H3;1H2/t26-,27-;/m0./s1. The summed E-state index contributed by atoms with van der Waals surface area (Å²) < 4.78 is 34.4. The van der Waals surface area contributed by atoms with Crippen LogP contribution in [0.5, 0.6) is 0 Å². The van der Waals surface area contributed by atoms with E-state index in [9.17, 15) is 9.46 Å². The lowest BCUT2D eigenvalue weighted by atomic mass is 10.0. The summed E-state index contributed by atoms with van der Waals surface area (Å²) in [6.45, 7) is 3.98. The van der Waals surface area contributed by atoms with Gasteiger partial charge < -0.3 is 24.3 Å². The van der Waals surface area contributed by atoms with Crippen molar-refractivity contribution in [3.63, 3.8) is 0 Å². The summed E-state index contributed by atoms with van der Waals surface area (Å²) in [7, 11) is 1.93. The molecule has 8 nitrogen and oxygen atoms in total. The molecule has 9 heteroatoms. The molecule has 0 saturated carbocycles. The Morgan fingerprint density at radius 3 is 1.64 bits per heavy atom. The van der Waals surface area contributed by atoms with Crippen LogP contribution in [0.25, 0.3) is 0 Å². The summed E-state index contributed by atoms with van der Waals surface area (Å²) >= 11 is 0. The molecule has 218 valence electrons. The molecule has 1 rings (SSSR count). The Kier molecular flexibility index (Phi) is 21.8. The Bertz CT molecular complexity index is 537. The van der Waals surface area contributed by atoms with Crippen molar-refractivity contribution in [3.8, 4) is 0 Å². The zero-order chi connectivity index (χ0) is 25.8. The van der Waals surface area contributed by atoms with Crippen molar-refractivity contribution in [2.24, 2.45) is 0 Å². The first-order chi connectivity index (χ1) is 16.7.